The van der Waals surface area contributed by atoms with Crippen molar-refractivity contribution in [2.45, 2.75) is 10.3 Å². The van der Waals surface area contributed by atoms with Crippen LogP contribution < -0.4 is 4.74 Å². The number of para-hydroxylation sites is 1. The van der Waals surface area contributed by atoms with Crippen LogP contribution in [0.2, 0.25) is 0 Å². The SMILES string of the molecule is O=S(=O)(c1ccccc1)C1C=Cc2ccccc2O1. The molecule has 0 spiro atoms. The average molecular weight is 272 g/mol. The summed E-state index contributed by atoms with van der Waals surface area (Å²) in [7, 11) is -3.51. The van der Waals surface area contributed by atoms with Crippen molar-refractivity contribution in [2.75, 3.05) is 0 Å². The molecule has 19 heavy (non-hydrogen) atoms. The first-order chi connectivity index (χ1) is 9.18. The fraction of sp³-hybridized carbons (Fsp3) is 0.0667. The molecule has 0 fully saturated rings. The molecule has 1 unspecified atom stereocenters. The molecule has 0 radical (unpaired) electrons. The lowest BCUT2D eigenvalue weighted by atomic mass is 10.1. The lowest BCUT2D eigenvalue weighted by Crippen LogP contribution is -2.27. The van der Waals surface area contributed by atoms with Crippen LogP contribution in [0.25, 0.3) is 6.08 Å². The van der Waals surface area contributed by atoms with Crippen molar-refractivity contribution in [2.24, 2.45) is 0 Å². The molecule has 0 N–H and O–H groups in total. The highest BCUT2D eigenvalue weighted by Gasteiger charge is 2.29. The molecule has 0 saturated carbocycles. The van der Waals surface area contributed by atoms with Crippen molar-refractivity contribution >= 4 is 15.9 Å². The van der Waals surface area contributed by atoms with Crippen molar-refractivity contribution in [1.82, 2.24) is 0 Å². The lowest BCUT2D eigenvalue weighted by molar-refractivity contribution is 0.312. The van der Waals surface area contributed by atoms with Crippen molar-refractivity contribution in [3.8, 4) is 5.75 Å². The predicted octanol–water partition coefficient (Wildman–Crippen LogP) is 2.89. The van der Waals surface area contributed by atoms with E-state index in [2.05, 4.69) is 0 Å². The number of rotatable bonds is 2. The van der Waals surface area contributed by atoms with Crippen LogP contribution in [0, 0.1) is 0 Å². The summed E-state index contributed by atoms with van der Waals surface area (Å²) in [6.07, 6.45) is 3.36. The second-order valence-corrected chi connectivity index (χ2v) is 6.27. The number of benzene rings is 2. The minimum absolute atomic E-state index is 0.268. The highest BCUT2D eigenvalue weighted by atomic mass is 32.2. The monoisotopic (exact) mass is 272 g/mol. The van der Waals surface area contributed by atoms with Crippen LogP contribution in [0.15, 0.2) is 65.6 Å². The molecule has 0 amide bonds. The Bertz CT molecular complexity index is 718. The number of hydrogen-bond acceptors (Lipinski definition) is 3. The quantitative estimate of drug-likeness (QED) is 0.844. The van der Waals surface area contributed by atoms with Crippen LogP contribution in [0.3, 0.4) is 0 Å². The fourth-order valence-corrected chi connectivity index (χ4v) is 3.30. The van der Waals surface area contributed by atoms with E-state index in [1.54, 1.807) is 48.6 Å². The molecule has 3 nitrogen and oxygen atoms in total. The van der Waals surface area contributed by atoms with Crippen LogP contribution in [0.1, 0.15) is 5.56 Å². The highest BCUT2D eigenvalue weighted by molar-refractivity contribution is 7.92. The van der Waals surface area contributed by atoms with Gasteiger partial charge in [-0.2, -0.15) is 0 Å². The van der Waals surface area contributed by atoms with E-state index in [-0.39, 0.29) is 4.90 Å². The molecular weight excluding hydrogens is 260 g/mol. The number of fused-ring (bicyclic) bond motifs is 1. The normalized spacial score (nSPS) is 17.6. The summed E-state index contributed by atoms with van der Waals surface area (Å²) in [5, 5.41) is 0. The van der Waals surface area contributed by atoms with Gasteiger partial charge in [0.2, 0.25) is 15.3 Å². The minimum Gasteiger partial charge on any atom is -0.469 e. The molecule has 4 heteroatoms. The number of hydrogen-bond donors (Lipinski definition) is 0. The van der Waals surface area contributed by atoms with Gasteiger partial charge in [0.25, 0.3) is 0 Å². The Balaban J connectivity index is 1.98. The van der Waals surface area contributed by atoms with Crippen LogP contribution >= 0.6 is 0 Å². The summed E-state index contributed by atoms with van der Waals surface area (Å²) in [5.41, 5.74) is -0.0770. The van der Waals surface area contributed by atoms with Gasteiger partial charge in [0.1, 0.15) is 5.75 Å². The standard InChI is InChI=1S/C15H12O3S/c16-19(17,13-7-2-1-3-8-13)15-11-10-12-6-4-5-9-14(12)18-15/h1-11,15H. The maximum atomic E-state index is 12.4. The molecule has 2 aromatic carbocycles. The minimum atomic E-state index is -3.51. The van der Waals surface area contributed by atoms with E-state index in [9.17, 15) is 8.42 Å². The van der Waals surface area contributed by atoms with Crippen molar-refractivity contribution in [3.63, 3.8) is 0 Å². The van der Waals surface area contributed by atoms with Gasteiger partial charge in [-0.1, -0.05) is 42.5 Å². The predicted molar refractivity (Wildman–Crippen MR) is 73.5 cm³/mol. The Labute approximate surface area is 112 Å². The molecule has 0 bridgehead atoms. The van der Waals surface area contributed by atoms with Crippen LogP contribution in [-0.2, 0) is 9.84 Å². The number of ether oxygens (including phenoxy) is 1. The zero-order chi connectivity index (χ0) is 13.3. The fourth-order valence-electron chi connectivity index (χ4n) is 1.98. The molecule has 1 atom stereocenters. The molecule has 0 aliphatic carbocycles. The van der Waals surface area contributed by atoms with Crippen LogP contribution in [0.4, 0.5) is 0 Å². The summed E-state index contributed by atoms with van der Waals surface area (Å²) < 4.78 is 30.4. The topological polar surface area (TPSA) is 43.4 Å². The van der Waals surface area contributed by atoms with Gasteiger partial charge >= 0.3 is 0 Å². The first-order valence-electron chi connectivity index (χ1n) is 5.91. The smallest absolute Gasteiger partial charge is 0.222 e. The Morgan fingerprint density at radius 2 is 1.58 bits per heavy atom. The number of sulfone groups is 1. The van der Waals surface area contributed by atoms with E-state index in [1.165, 1.54) is 0 Å². The Morgan fingerprint density at radius 1 is 0.895 bits per heavy atom. The molecule has 1 heterocycles. The highest BCUT2D eigenvalue weighted by Crippen LogP contribution is 2.29. The van der Waals surface area contributed by atoms with Gasteiger partial charge in [-0.15, -0.1) is 0 Å². The first kappa shape index (κ1) is 12.0. The molecule has 1 aliphatic heterocycles. The van der Waals surface area contributed by atoms with Gasteiger partial charge < -0.3 is 4.74 Å². The van der Waals surface area contributed by atoms with Gasteiger partial charge in [0.05, 0.1) is 4.90 Å². The van der Waals surface area contributed by atoms with Gasteiger partial charge in [-0.3, -0.25) is 0 Å². The third-order valence-corrected chi connectivity index (χ3v) is 4.77. The zero-order valence-corrected chi connectivity index (χ0v) is 10.9. The molecule has 0 aromatic heterocycles. The van der Waals surface area contributed by atoms with Crippen molar-refractivity contribution in [3.05, 3.63) is 66.2 Å². The molecule has 0 saturated heterocycles. The summed E-state index contributed by atoms with van der Waals surface area (Å²) in [5.74, 6) is 0.592. The van der Waals surface area contributed by atoms with E-state index in [4.69, 9.17) is 4.74 Å². The molecule has 1 aliphatic rings. The van der Waals surface area contributed by atoms with E-state index in [1.807, 2.05) is 18.2 Å². The van der Waals surface area contributed by atoms with Gasteiger partial charge in [0.15, 0.2) is 0 Å². The summed E-state index contributed by atoms with van der Waals surface area (Å²) in [4.78, 5) is 0.268. The van der Waals surface area contributed by atoms with E-state index >= 15 is 0 Å². The molecular formula is C15H12O3S. The lowest BCUT2D eigenvalue weighted by Gasteiger charge is -2.21. The summed E-state index contributed by atoms with van der Waals surface area (Å²) >= 11 is 0. The zero-order valence-electron chi connectivity index (χ0n) is 10.1. The summed E-state index contributed by atoms with van der Waals surface area (Å²) in [6.45, 7) is 0. The third-order valence-electron chi connectivity index (χ3n) is 2.97. The Morgan fingerprint density at radius 3 is 2.37 bits per heavy atom. The van der Waals surface area contributed by atoms with Crippen molar-refractivity contribution < 1.29 is 13.2 Å². The molecule has 2 aromatic rings. The Hall–Kier alpha value is -2.07. The van der Waals surface area contributed by atoms with Gasteiger partial charge in [0, 0.05) is 5.56 Å². The van der Waals surface area contributed by atoms with E-state index < -0.39 is 15.3 Å². The Kier molecular flexibility index (Phi) is 2.87. The largest absolute Gasteiger partial charge is 0.469 e. The van der Waals surface area contributed by atoms with E-state index in [0.29, 0.717) is 5.75 Å². The van der Waals surface area contributed by atoms with Crippen LogP contribution in [0.5, 0.6) is 5.75 Å². The molecule has 3 rings (SSSR count). The average Bonchev–Trinajstić information content (AvgIpc) is 2.47. The first-order valence-corrected chi connectivity index (χ1v) is 7.45. The second kappa shape index (κ2) is 4.55. The van der Waals surface area contributed by atoms with Gasteiger partial charge in [-0.25, -0.2) is 8.42 Å². The van der Waals surface area contributed by atoms with Crippen molar-refractivity contribution in [1.29, 1.82) is 0 Å². The maximum Gasteiger partial charge on any atom is 0.222 e. The third kappa shape index (κ3) is 2.15. The van der Waals surface area contributed by atoms with Crippen LogP contribution in [-0.4, -0.2) is 13.9 Å². The second-order valence-electron chi connectivity index (χ2n) is 4.24. The molecule has 96 valence electrons. The van der Waals surface area contributed by atoms with Gasteiger partial charge in [-0.05, 0) is 24.3 Å². The maximum absolute atomic E-state index is 12.4. The van der Waals surface area contributed by atoms with E-state index in [0.717, 1.165) is 5.56 Å². The summed E-state index contributed by atoms with van der Waals surface area (Å²) in [6, 6.07) is 15.7.